The van der Waals surface area contributed by atoms with Crippen LogP contribution in [0.3, 0.4) is 0 Å². The Morgan fingerprint density at radius 3 is 1.74 bits per heavy atom. The van der Waals surface area contributed by atoms with Gasteiger partial charge in [0.25, 0.3) is 0 Å². The highest BCUT2D eigenvalue weighted by molar-refractivity contribution is 6.03. The van der Waals surface area contributed by atoms with Crippen LogP contribution in [-0.2, 0) is 41.9 Å². The highest BCUT2D eigenvalue weighted by atomic mass is 16.5. The van der Waals surface area contributed by atoms with E-state index in [1.165, 1.54) is 14.3 Å². The number of hydrogen-bond donors (Lipinski definition) is 4. The molecule has 10 nitrogen and oxygen atoms in total. The molecule has 1 aliphatic rings. The number of ether oxygens (including phenoxy) is 2. The molecule has 3 rings (SSSR count). The second kappa shape index (κ2) is 21.0. The lowest BCUT2D eigenvalue weighted by atomic mass is 10.1. The Balaban J connectivity index is 0. The van der Waals surface area contributed by atoms with E-state index in [4.69, 9.17) is 34.6 Å². The molecule has 0 aliphatic heterocycles. The Hall–Kier alpha value is -5.08. The van der Waals surface area contributed by atoms with Gasteiger partial charge in [0.1, 0.15) is 13.2 Å². The molecule has 10 heteroatoms. The van der Waals surface area contributed by atoms with Gasteiger partial charge < -0.3 is 25.9 Å². The highest BCUT2D eigenvalue weighted by Gasteiger charge is 1.98. The quantitative estimate of drug-likeness (QED) is 0.233. The summed E-state index contributed by atoms with van der Waals surface area (Å²) < 4.78 is 28.8. The molecule has 0 radical (unpaired) electrons. The topological polar surface area (TPSA) is 169 Å². The van der Waals surface area contributed by atoms with E-state index in [0.717, 1.165) is 16.7 Å². The van der Waals surface area contributed by atoms with Crippen molar-refractivity contribution in [3.8, 4) is 0 Å². The van der Waals surface area contributed by atoms with Gasteiger partial charge in [0.15, 0.2) is 0 Å². The monoisotopic (exact) mass is 541 g/mol. The maximum absolute atomic E-state index is 10.8. The van der Waals surface area contributed by atoms with Gasteiger partial charge >= 0.3 is 18.4 Å². The minimum atomic E-state index is -0.550. The Labute approximate surface area is 233 Å². The summed E-state index contributed by atoms with van der Waals surface area (Å²) in [6.07, 6.45) is 7.09. The third kappa shape index (κ3) is 20.8. The van der Waals surface area contributed by atoms with Crippen LogP contribution < -0.4 is 11.1 Å². The summed E-state index contributed by atoms with van der Waals surface area (Å²) in [4.78, 5) is 40.3. The van der Waals surface area contributed by atoms with Crippen molar-refractivity contribution in [1.82, 2.24) is 0 Å². The minimum Gasteiger partial charge on any atom is -0.461 e. The van der Waals surface area contributed by atoms with Gasteiger partial charge in [-0.25, -0.2) is 5.11 Å². The van der Waals surface area contributed by atoms with Crippen molar-refractivity contribution in [3.63, 3.8) is 0 Å². The first kappa shape index (κ1) is 30.1. The van der Waals surface area contributed by atoms with Gasteiger partial charge in [-0.15, -0.1) is 0 Å². The highest BCUT2D eigenvalue weighted by Crippen LogP contribution is 2.10. The lowest BCUT2D eigenvalue weighted by Crippen LogP contribution is -2.05. The number of rotatable bonds is 5. The summed E-state index contributed by atoms with van der Waals surface area (Å²) in [5.41, 5.74) is 10.0. The van der Waals surface area contributed by atoms with E-state index < -0.39 is 11.9 Å². The van der Waals surface area contributed by atoms with Crippen LogP contribution in [-0.4, -0.2) is 35.1 Å². The zero-order valence-electron chi connectivity index (χ0n) is 24.9. The Morgan fingerprint density at radius 2 is 1.38 bits per heavy atom. The third-order valence-electron chi connectivity index (χ3n) is 4.01. The van der Waals surface area contributed by atoms with E-state index in [1.54, 1.807) is 60.7 Å². The molecular weight excluding hydrogens is 502 g/mol. The van der Waals surface area contributed by atoms with Crippen LogP contribution in [0.5, 0.6) is 0 Å². The van der Waals surface area contributed by atoms with Crippen molar-refractivity contribution >= 4 is 41.4 Å². The van der Waals surface area contributed by atoms with Crippen LogP contribution >= 0.6 is 0 Å². The number of amides is 1. The molecule has 0 unspecified atom stereocenters. The molecule has 208 valence electrons. The van der Waals surface area contributed by atoms with Crippen molar-refractivity contribution in [2.45, 2.75) is 41.3 Å². The molecule has 1 amide bonds. The predicted octanol–water partition coefficient (Wildman–Crippen LogP) is 4.98. The van der Waals surface area contributed by atoms with Crippen molar-refractivity contribution in [1.29, 1.82) is 5.41 Å². The van der Waals surface area contributed by atoms with Gasteiger partial charge in [0.05, 0.1) is 10.5 Å². The van der Waals surface area contributed by atoms with Crippen LogP contribution in [0.1, 0.15) is 43.4 Å². The average molecular weight is 542 g/mol. The maximum Gasteiger partial charge on any atom is 0.794 e. The summed E-state index contributed by atoms with van der Waals surface area (Å²) >= 11 is 0. The van der Waals surface area contributed by atoms with Gasteiger partial charge in [-0.05, 0) is 53.1 Å². The fourth-order valence-electron chi connectivity index (χ4n) is 2.33. The zero-order valence-corrected chi connectivity index (χ0v) is 21.9. The molecule has 2 aromatic carbocycles. The molecular formula is C29H36N3O7+. The van der Waals surface area contributed by atoms with Crippen LogP contribution in [0, 0.1) is 5.41 Å². The summed E-state index contributed by atoms with van der Waals surface area (Å²) in [5.74, 6) is -1.20. The summed E-state index contributed by atoms with van der Waals surface area (Å²) in [5, 5.41) is 16.5. The van der Waals surface area contributed by atoms with E-state index in [-0.39, 0.29) is 32.9 Å². The average Bonchev–Trinajstić information content (AvgIpc) is 2.99. The van der Waals surface area contributed by atoms with Crippen LogP contribution in [0.2, 0.25) is 0 Å². The minimum absolute atomic E-state index is 0.131. The fourth-order valence-corrected chi connectivity index (χ4v) is 2.33. The van der Waals surface area contributed by atoms with Gasteiger partial charge in [-0.3, -0.25) is 14.4 Å². The molecule has 2 aromatic rings. The molecule has 5 N–H and O–H groups in total. The zero-order chi connectivity index (χ0) is 32.3. The molecule has 0 heterocycles. The van der Waals surface area contributed by atoms with Crippen LogP contribution in [0.25, 0.3) is 0 Å². The molecule has 0 spiro atoms. The summed E-state index contributed by atoms with van der Waals surface area (Å²) in [7, 11) is 1.25. The molecule has 1 aliphatic carbocycles. The van der Waals surface area contributed by atoms with Gasteiger partial charge in [0.2, 0.25) is 5.91 Å². The summed E-state index contributed by atoms with van der Waals surface area (Å²) in [6.45, 7) is 5.26. The third-order valence-corrected chi connectivity index (χ3v) is 4.01. The number of allylic oxidation sites excluding steroid dienone is 5. The first-order valence-electron chi connectivity index (χ1n) is 13.2. The van der Waals surface area contributed by atoms with Gasteiger partial charge in [0, 0.05) is 36.2 Å². The molecule has 0 saturated heterocycles. The number of nitrogen functional groups attached to an aromatic ring is 1. The second-order valence-electron chi connectivity index (χ2n) is 7.23. The first-order valence-corrected chi connectivity index (χ1v) is 10.8. The first-order chi connectivity index (χ1) is 20.0. The largest absolute Gasteiger partial charge is 0.794 e. The number of carbonyl (C=O) groups is 3. The molecule has 0 bridgehead atoms. The standard InChI is InChI=1S/C11H13NO3.C9H11NO2.C7H7N.CHO2.CH4/c1-8(13)12-11-5-3-10(4-6-11)7-15-9(2)14;1-7(11)12-6-8-2-4-9(10)5-3-8;1-6-2-4-7(8)5-3-6;2-1-3;/h3-6H,7H2,1-2H3,(H,12,13);2-5H,6,10H2,1H3;2-5,8H,1H2;(H,2,3);1H4/q;;;+1;/i2D;1D;;;1D. The molecule has 0 fully saturated rings. The molecule has 0 aromatic heterocycles. The van der Waals surface area contributed by atoms with Crippen molar-refractivity contribution in [3.05, 3.63) is 96.1 Å². The number of nitrogens with two attached hydrogens (primary N) is 1. The normalized spacial score (nSPS) is 11.2. The summed E-state index contributed by atoms with van der Waals surface area (Å²) in [6, 6.07) is 14.0. The maximum atomic E-state index is 10.8. The van der Waals surface area contributed by atoms with Crippen molar-refractivity contribution in [2.24, 2.45) is 0 Å². The number of anilines is 2. The molecule has 39 heavy (non-hydrogen) atoms. The lowest BCUT2D eigenvalue weighted by molar-refractivity contribution is -0.143. The molecule has 0 atom stereocenters. The predicted molar refractivity (Wildman–Crippen MR) is 153 cm³/mol. The van der Waals surface area contributed by atoms with Gasteiger partial charge in [-0.1, -0.05) is 50.4 Å². The Morgan fingerprint density at radius 1 is 0.974 bits per heavy atom. The number of benzene rings is 2. The number of aliphatic hydroxyl groups excluding tert-OH is 1. The molecule has 0 saturated carbocycles. The smallest absolute Gasteiger partial charge is 0.461 e. The lowest BCUT2D eigenvalue weighted by Gasteiger charge is -2.04. The van der Waals surface area contributed by atoms with E-state index >= 15 is 0 Å². The number of nitrogens with one attached hydrogen (secondary N) is 2. The number of esters is 2. The van der Waals surface area contributed by atoms with E-state index in [2.05, 4.69) is 11.9 Å². The van der Waals surface area contributed by atoms with Gasteiger partial charge in [-0.2, -0.15) is 0 Å². The van der Waals surface area contributed by atoms with Crippen molar-refractivity contribution < 1.29 is 37.9 Å². The van der Waals surface area contributed by atoms with E-state index in [9.17, 15) is 14.4 Å². The van der Waals surface area contributed by atoms with Crippen LogP contribution in [0.15, 0.2) is 85.0 Å². The number of hydrogen-bond acceptors (Lipinski definition) is 8. The SMILES string of the molecule is C=C1C=CC(=N)C=C1.O=[C+]O.[2H]C.[2H]CC(=O)OCc1ccc(N)cc1.[2H]CC(=O)OCc1ccc(NC(C)=O)cc1. The van der Waals surface area contributed by atoms with E-state index in [1.807, 2.05) is 12.2 Å². The Kier molecular flexibility index (Phi) is 16.3. The number of carbonyl (C=O) groups excluding carboxylic acids is 3. The Bertz CT molecular complexity index is 1150. The van der Waals surface area contributed by atoms with E-state index in [0.29, 0.717) is 23.6 Å². The fraction of sp³-hybridized carbons (Fsp3) is 0.207. The van der Waals surface area contributed by atoms with Crippen molar-refractivity contribution in [2.75, 3.05) is 11.1 Å². The second-order valence-corrected chi connectivity index (χ2v) is 7.23. The van der Waals surface area contributed by atoms with Crippen LogP contribution in [0.4, 0.5) is 11.4 Å².